The Kier molecular flexibility index (Phi) is 5.07. The minimum atomic E-state index is -2.67. The number of nitrogens with one attached hydrogen (secondary N) is 1. The summed E-state index contributed by atoms with van der Waals surface area (Å²) >= 11 is 0. The zero-order chi connectivity index (χ0) is 24.5. The summed E-state index contributed by atoms with van der Waals surface area (Å²) in [6, 6.07) is 0.000911. The minimum absolute atomic E-state index is 0.000911. The van der Waals surface area contributed by atoms with E-state index in [1.807, 2.05) is 13.8 Å². The molecule has 2 atom stereocenters. The first-order valence-electron chi connectivity index (χ1n) is 11.5. The van der Waals surface area contributed by atoms with Gasteiger partial charge in [0.2, 0.25) is 11.8 Å². The zero-order valence-electron chi connectivity index (χ0n) is 19.2. The third kappa shape index (κ3) is 3.57. The van der Waals surface area contributed by atoms with Crippen LogP contribution in [0.3, 0.4) is 0 Å². The molecule has 11 heteroatoms. The minimum Gasteiger partial charge on any atom is -0.494 e. The number of alkyl halides is 2. The Morgan fingerprint density at radius 3 is 2.50 bits per heavy atom. The second-order valence-electron chi connectivity index (χ2n) is 9.95. The van der Waals surface area contributed by atoms with Crippen molar-refractivity contribution in [2.45, 2.75) is 52.1 Å². The van der Waals surface area contributed by atoms with Crippen molar-refractivity contribution < 1.29 is 23.5 Å². The van der Waals surface area contributed by atoms with Gasteiger partial charge in [0.25, 0.3) is 17.4 Å². The molecule has 2 aromatic heterocycles. The van der Waals surface area contributed by atoms with Gasteiger partial charge < -0.3 is 15.3 Å². The number of halogens is 2. The molecule has 0 aromatic carbocycles. The average Bonchev–Trinajstić information content (AvgIpc) is 3.51. The summed E-state index contributed by atoms with van der Waals surface area (Å²) in [5, 5.41) is 18.0. The lowest BCUT2D eigenvalue weighted by molar-refractivity contribution is -0.126. The Morgan fingerprint density at radius 2 is 1.91 bits per heavy atom. The van der Waals surface area contributed by atoms with Gasteiger partial charge in [0.15, 0.2) is 5.56 Å². The topological polar surface area (TPSA) is 109 Å². The van der Waals surface area contributed by atoms with Crippen LogP contribution in [0.1, 0.15) is 48.3 Å². The van der Waals surface area contributed by atoms with Crippen molar-refractivity contribution in [2.24, 2.45) is 17.8 Å². The predicted octanol–water partition coefficient (Wildman–Crippen LogP) is 1.79. The summed E-state index contributed by atoms with van der Waals surface area (Å²) < 4.78 is 29.4. The summed E-state index contributed by atoms with van der Waals surface area (Å²) in [5.74, 6) is -5.64. The maximum Gasteiger partial charge on any atom is 0.291 e. The van der Waals surface area contributed by atoms with Crippen molar-refractivity contribution in [3.63, 3.8) is 0 Å². The van der Waals surface area contributed by atoms with E-state index in [9.17, 15) is 28.3 Å². The standard InChI is InChI=1S/C23H27F2N5O4/c1-11(2)8-29-20-14(6-7-17(31)28-9-15-16(10-28)23(15,24)25)12(3)27-30(20)22(34)18(21(29)33)19(32)26-13-4-5-13/h6-7,11,13,15-16,33H,4-5,8-10H2,1-3H3,(H,26,32)/b7-6+. The fraction of sp³-hybridized carbons (Fsp3) is 0.565. The molecule has 1 aliphatic heterocycles. The second kappa shape index (κ2) is 7.64. The largest absolute Gasteiger partial charge is 0.494 e. The van der Waals surface area contributed by atoms with Crippen LogP contribution in [0.15, 0.2) is 10.9 Å². The fourth-order valence-corrected chi connectivity index (χ4v) is 4.73. The SMILES string of the molecule is Cc1nn2c(=O)c(C(=O)NC3CC3)c(O)n(CC(C)C)c2c1/C=C/C(=O)N1CC2C(C1)C2(F)F. The van der Waals surface area contributed by atoms with Crippen LogP contribution in [-0.4, -0.2) is 61.1 Å². The van der Waals surface area contributed by atoms with E-state index in [4.69, 9.17) is 0 Å². The molecule has 2 N–H and O–H groups in total. The van der Waals surface area contributed by atoms with E-state index in [0.717, 1.165) is 17.4 Å². The molecule has 0 bridgehead atoms. The van der Waals surface area contributed by atoms with E-state index >= 15 is 0 Å². The fourth-order valence-electron chi connectivity index (χ4n) is 4.73. The normalized spacial score (nSPS) is 23.2. The highest BCUT2D eigenvalue weighted by molar-refractivity contribution is 5.97. The molecule has 5 rings (SSSR count). The van der Waals surface area contributed by atoms with Crippen LogP contribution in [0, 0.1) is 24.7 Å². The molecule has 3 fully saturated rings. The molecular formula is C23H27F2N5O4. The molecular weight excluding hydrogens is 448 g/mol. The number of carbonyl (C=O) groups excluding carboxylic acids is 2. The number of piperidine rings is 1. The van der Waals surface area contributed by atoms with Crippen molar-refractivity contribution in [1.82, 2.24) is 24.4 Å². The Morgan fingerprint density at radius 1 is 1.26 bits per heavy atom. The molecule has 0 spiro atoms. The summed E-state index contributed by atoms with van der Waals surface area (Å²) in [6.07, 6.45) is 4.42. The van der Waals surface area contributed by atoms with E-state index < -0.39 is 41.0 Å². The predicted molar refractivity (Wildman–Crippen MR) is 119 cm³/mol. The number of rotatable bonds is 6. The molecule has 2 saturated carbocycles. The lowest BCUT2D eigenvalue weighted by atomic mass is 10.1. The first kappa shape index (κ1) is 22.5. The van der Waals surface area contributed by atoms with Gasteiger partial charge in [0.05, 0.1) is 17.5 Å². The van der Waals surface area contributed by atoms with Crippen LogP contribution in [-0.2, 0) is 11.3 Å². The third-order valence-corrected chi connectivity index (χ3v) is 6.81. The Bertz CT molecular complexity index is 1280. The molecule has 2 aliphatic carbocycles. The summed E-state index contributed by atoms with van der Waals surface area (Å²) in [7, 11) is 0. The van der Waals surface area contributed by atoms with E-state index in [1.54, 1.807) is 6.92 Å². The van der Waals surface area contributed by atoms with Gasteiger partial charge in [-0.1, -0.05) is 13.8 Å². The maximum absolute atomic E-state index is 13.5. The zero-order valence-corrected chi connectivity index (χ0v) is 19.2. The highest BCUT2D eigenvalue weighted by Crippen LogP contribution is 2.59. The van der Waals surface area contributed by atoms with E-state index in [-0.39, 0.29) is 36.3 Å². The lowest BCUT2D eigenvalue weighted by Gasteiger charge is -2.18. The summed E-state index contributed by atoms with van der Waals surface area (Å²) in [6.45, 7) is 5.84. The lowest BCUT2D eigenvalue weighted by Crippen LogP contribution is -2.34. The molecule has 2 aromatic rings. The number of aromatic nitrogens is 3. The Labute approximate surface area is 194 Å². The third-order valence-electron chi connectivity index (χ3n) is 6.81. The number of fused-ring (bicyclic) bond motifs is 2. The number of aryl methyl sites for hydroxylation is 1. The molecule has 3 aliphatic rings. The highest BCUT2D eigenvalue weighted by Gasteiger charge is 2.72. The molecule has 182 valence electrons. The highest BCUT2D eigenvalue weighted by atomic mass is 19.3. The van der Waals surface area contributed by atoms with E-state index in [2.05, 4.69) is 10.4 Å². The van der Waals surface area contributed by atoms with Gasteiger partial charge in [0, 0.05) is 37.3 Å². The molecule has 1 saturated heterocycles. The van der Waals surface area contributed by atoms with Crippen molar-refractivity contribution >= 4 is 23.5 Å². The monoisotopic (exact) mass is 475 g/mol. The first-order chi connectivity index (χ1) is 16.0. The summed E-state index contributed by atoms with van der Waals surface area (Å²) in [4.78, 5) is 39.8. The van der Waals surface area contributed by atoms with Gasteiger partial charge in [-0.25, -0.2) is 8.78 Å². The van der Waals surface area contributed by atoms with Gasteiger partial charge in [-0.15, -0.1) is 0 Å². The molecule has 9 nitrogen and oxygen atoms in total. The van der Waals surface area contributed by atoms with E-state index in [1.165, 1.54) is 21.6 Å². The number of amides is 2. The van der Waals surface area contributed by atoms with Crippen LogP contribution in [0.25, 0.3) is 11.7 Å². The second-order valence-corrected chi connectivity index (χ2v) is 9.95. The number of hydrogen-bond acceptors (Lipinski definition) is 5. The Balaban J connectivity index is 1.53. The van der Waals surface area contributed by atoms with Crippen molar-refractivity contribution in [3.8, 4) is 5.88 Å². The number of carbonyl (C=O) groups is 2. The molecule has 3 heterocycles. The summed E-state index contributed by atoms with van der Waals surface area (Å²) in [5.41, 5.74) is 0.00309. The van der Waals surface area contributed by atoms with Gasteiger partial charge in [-0.3, -0.25) is 19.0 Å². The van der Waals surface area contributed by atoms with Crippen molar-refractivity contribution in [1.29, 1.82) is 0 Å². The smallest absolute Gasteiger partial charge is 0.291 e. The van der Waals surface area contributed by atoms with Gasteiger partial charge in [-0.2, -0.15) is 9.61 Å². The number of nitrogens with zero attached hydrogens (tertiary/aromatic N) is 4. The van der Waals surface area contributed by atoms with Gasteiger partial charge in [-0.05, 0) is 31.8 Å². The molecule has 34 heavy (non-hydrogen) atoms. The number of hydrogen-bond donors (Lipinski definition) is 2. The van der Waals surface area contributed by atoms with Crippen LogP contribution >= 0.6 is 0 Å². The van der Waals surface area contributed by atoms with Crippen molar-refractivity contribution in [3.05, 3.63) is 33.3 Å². The molecule has 2 unspecified atom stereocenters. The molecule has 2 amide bonds. The first-order valence-corrected chi connectivity index (χ1v) is 11.5. The van der Waals surface area contributed by atoms with Crippen LogP contribution < -0.4 is 10.9 Å². The van der Waals surface area contributed by atoms with Gasteiger partial charge in [0.1, 0.15) is 5.65 Å². The van der Waals surface area contributed by atoms with Crippen molar-refractivity contribution in [2.75, 3.05) is 13.1 Å². The van der Waals surface area contributed by atoms with Crippen LogP contribution in [0.5, 0.6) is 5.88 Å². The maximum atomic E-state index is 13.5. The Hall–Kier alpha value is -3.24. The number of aromatic hydroxyl groups is 1. The quantitative estimate of drug-likeness (QED) is 0.620. The van der Waals surface area contributed by atoms with Gasteiger partial charge >= 0.3 is 0 Å². The average molecular weight is 475 g/mol. The van der Waals surface area contributed by atoms with E-state index in [0.29, 0.717) is 17.8 Å². The number of likely N-dealkylation sites (tertiary alicyclic amines) is 1. The molecule has 0 radical (unpaired) electrons. The van der Waals surface area contributed by atoms with Crippen LogP contribution in [0.2, 0.25) is 0 Å². The van der Waals surface area contributed by atoms with Crippen LogP contribution in [0.4, 0.5) is 8.78 Å².